The van der Waals surface area contributed by atoms with Gasteiger partial charge in [-0.1, -0.05) is 20.8 Å². The maximum absolute atomic E-state index is 9.62. The number of carbonyl (C=O) groups is 3. The quantitative estimate of drug-likeness (QED) is 0.454. The smallest absolute Gasteiger partial charge is 0.497 e. The molecule has 0 bridgehead atoms. The molecule has 0 aromatic heterocycles. The van der Waals surface area contributed by atoms with E-state index >= 15 is 0 Å². The van der Waals surface area contributed by atoms with Crippen LogP contribution < -0.4 is 0 Å². The molecule has 0 rings (SSSR count). The molecule has 0 saturated heterocycles. The molecular weight excluding hydrogens is 319 g/mol. The van der Waals surface area contributed by atoms with Crippen molar-refractivity contribution >= 4 is 35.5 Å². The monoisotopic (exact) mass is 341 g/mol. The molecule has 3 atom stereocenters. The van der Waals surface area contributed by atoms with E-state index in [1.54, 1.807) is 0 Å². The molecule has 10 heteroatoms. The summed E-state index contributed by atoms with van der Waals surface area (Å²) in [5.74, 6) is -2.47. The summed E-state index contributed by atoms with van der Waals surface area (Å²) in [7, 11) is 0. The van der Waals surface area contributed by atoms with Gasteiger partial charge in [0, 0.05) is 50.1 Å². The molecule has 3 unspecified atom stereocenters. The Hall–Kier alpha value is -1.17. The van der Waals surface area contributed by atoms with Crippen molar-refractivity contribution in [2.45, 2.75) is 38.9 Å². The van der Waals surface area contributed by atoms with Crippen molar-refractivity contribution in [3.05, 3.63) is 17.2 Å². The van der Waals surface area contributed by atoms with Crippen LogP contribution in [0.1, 0.15) is 20.8 Å². The molecule has 112 valence electrons. The Morgan fingerprint density at radius 1 is 0.684 bits per heavy atom. The minimum absolute atomic E-state index is 0. The van der Waals surface area contributed by atoms with Crippen LogP contribution in [-0.4, -0.2) is 68.9 Å². The normalized spacial score (nSPS) is 12.9. The van der Waals surface area contributed by atoms with Gasteiger partial charge in [0.05, 0.1) is 0 Å². The molecule has 0 aromatic rings. The van der Waals surface area contributed by atoms with Gasteiger partial charge in [-0.3, -0.25) is 0 Å². The zero-order valence-corrected chi connectivity index (χ0v) is 13.1. The first kappa shape index (κ1) is 26.4. The second kappa shape index (κ2) is 14.9. The molecule has 0 aliphatic carbocycles. The molecule has 4 radical (unpaired) electrons. The van der Waals surface area contributed by atoms with Crippen LogP contribution in [0.4, 0.5) is 0 Å². The van der Waals surface area contributed by atoms with Gasteiger partial charge in [0.15, 0.2) is 0 Å². The first-order valence-corrected chi connectivity index (χ1v) is 4.83. The molecular formula is C9H21GeN3O6. The number of rotatable bonds is 3. The van der Waals surface area contributed by atoms with Crippen molar-refractivity contribution in [2.75, 3.05) is 0 Å². The van der Waals surface area contributed by atoms with E-state index in [-0.39, 0.29) is 17.6 Å². The molecule has 0 saturated carbocycles. The van der Waals surface area contributed by atoms with E-state index in [1.165, 1.54) is 20.8 Å². The van der Waals surface area contributed by atoms with E-state index in [1.807, 2.05) is 0 Å². The molecule has 0 amide bonds. The number of hydrogen-bond acceptors (Lipinski definition) is 3. The number of carbonyl (C=O) groups excluding carboxylic acids is 3. The summed E-state index contributed by atoms with van der Waals surface area (Å²) in [4.78, 5) is 28.9. The number of hydrogen-bond donors (Lipinski definition) is 0. The van der Waals surface area contributed by atoms with Gasteiger partial charge in [-0.15, -0.1) is 0 Å². The second-order valence-corrected chi connectivity index (χ2v) is 3.26. The predicted octanol–water partition coefficient (Wildman–Crippen LogP) is -1.35. The van der Waals surface area contributed by atoms with E-state index in [4.69, 9.17) is 32.5 Å². The summed E-state index contributed by atoms with van der Waals surface area (Å²) in [5, 5.41) is 18.6. The maximum Gasteiger partial charge on any atom is 0.497 e. The molecule has 19 heavy (non-hydrogen) atoms. The fourth-order valence-electron chi connectivity index (χ4n) is 0. The van der Waals surface area contributed by atoms with Crippen molar-refractivity contribution in [1.29, 1.82) is 0 Å². The molecule has 0 spiro atoms. The molecule has 0 aromatic carbocycles. The van der Waals surface area contributed by atoms with Gasteiger partial charge < -0.3 is 32.5 Å². The van der Waals surface area contributed by atoms with E-state index in [0.29, 0.717) is 0 Å². The Bertz CT molecular complexity index is 228. The second-order valence-electron chi connectivity index (χ2n) is 3.26. The van der Waals surface area contributed by atoms with Crippen molar-refractivity contribution in [3.8, 4) is 0 Å². The fourth-order valence-corrected chi connectivity index (χ4v) is 0. The Morgan fingerprint density at radius 3 is 0.737 bits per heavy atom. The summed E-state index contributed by atoms with van der Waals surface area (Å²) in [5.41, 5.74) is 19.5. The Balaban J connectivity index is -0.0000000865. The third-order valence-electron chi connectivity index (χ3n) is 1.18. The molecule has 0 aliphatic heterocycles. The Labute approximate surface area is 122 Å². The van der Waals surface area contributed by atoms with Crippen LogP contribution in [0, 0.1) is 0 Å². The molecule has 9 nitrogen and oxygen atoms in total. The first-order chi connectivity index (χ1) is 7.93. The summed E-state index contributed by atoms with van der Waals surface area (Å²) in [6, 6.07) is -2.61. The Morgan fingerprint density at radius 2 is 0.737 bits per heavy atom. The summed E-state index contributed by atoms with van der Waals surface area (Å²) in [6.45, 7) is 4.11. The van der Waals surface area contributed by atoms with E-state index in [2.05, 4.69) is 0 Å². The molecule has 0 aliphatic rings. The topological polar surface area (TPSA) is 191 Å². The van der Waals surface area contributed by atoms with Crippen LogP contribution in [0.2, 0.25) is 0 Å². The van der Waals surface area contributed by atoms with Crippen LogP contribution in [0.25, 0.3) is 17.2 Å². The largest absolute Gasteiger partial charge is 0.661 e. The van der Waals surface area contributed by atoms with Gasteiger partial charge in [0.25, 0.3) is 0 Å². The zero-order valence-electron chi connectivity index (χ0n) is 11.0. The zero-order chi connectivity index (χ0) is 15.5. The van der Waals surface area contributed by atoms with Gasteiger partial charge in [0.2, 0.25) is 0 Å². The SMILES string of the molecule is CC([NH-])C(=O)[OH2+].CC([NH-])C(=O)[OH2+].CC([NH-])C(=O)[OH2+].[Ge]. The van der Waals surface area contributed by atoms with Gasteiger partial charge in [-0.2, -0.15) is 0 Å². The van der Waals surface area contributed by atoms with Gasteiger partial charge in [0.1, 0.15) is 0 Å². The third kappa shape index (κ3) is 31.6. The van der Waals surface area contributed by atoms with Crippen LogP contribution in [-0.2, 0) is 14.4 Å². The average Bonchev–Trinajstić information content (AvgIpc) is 2.18. The summed E-state index contributed by atoms with van der Waals surface area (Å²) < 4.78 is 0. The van der Waals surface area contributed by atoms with Crippen molar-refractivity contribution in [1.82, 2.24) is 0 Å². The Kier molecular flexibility index (Phi) is 20.7. The van der Waals surface area contributed by atoms with Crippen LogP contribution in [0.3, 0.4) is 0 Å². The minimum atomic E-state index is -0.870. The fraction of sp³-hybridized carbons (Fsp3) is 0.667. The van der Waals surface area contributed by atoms with E-state index < -0.39 is 36.0 Å². The minimum Gasteiger partial charge on any atom is -0.661 e. The predicted molar refractivity (Wildman–Crippen MR) is 73.0 cm³/mol. The van der Waals surface area contributed by atoms with Crippen molar-refractivity contribution in [2.24, 2.45) is 0 Å². The average molecular weight is 340 g/mol. The molecule has 0 heterocycles. The summed E-state index contributed by atoms with van der Waals surface area (Å²) >= 11 is 0. The van der Waals surface area contributed by atoms with E-state index in [9.17, 15) is 14.4 Å². The van der Waals surface area contributed by atoms with Crippen molar-refractivity contribution < 1.29 is 29.7 Å². The maximum atomic E-state index is 9.62. The van der Waals surface area contributed by atoms with E-state index in [0.717, 1.165) is 0 Å². The van der Waals surface area contributed by atoms with Crippen LogP contribution in [0.5, 0.6) is 0 Å². The summed E-state index contributed by atoms with van der Waals surface area (Å²) in [6.07, 6.45) is 0. The third-order valence-corrected chi connectivity index (χ3v) is 1.18. The van der Waals surface area contributed by atoms with Crippen LogP contribution in [0.15, 0.2) is 0 Å². The van der Waals surface area contributed by atoms with Crippen LogP contribution >= 0.6 is 0 Å². The first-order valence-electron chi connectivity index (χ1n) is 4.83. The molecule has 9 N–H and O–H groups in total. The van der Waals surface area contributed by atoms with Gasteiger partial charge in [-0.25, -0.2) is 0 Å². The standard InChI is InChI=1S/3C3H6NO2.Ge/c3*1-2(4)3(5)6;/h3*2,4H,1H3,(H,5,6);/q3*-1;/p+3. The van der Waals surface area contributed by atoms with Crippen molar-refractivity contribution in [3.63, 3.8) is 0 Å². The number of nitrogens with one attached hydrogen (secondary N) is 3. The van der Waals surface area contributed by atoms with Gasteiger partial charge in [-0.05, 0) is 0 Å². The molecule has 0 fully saturated rings. The van der Waals surface area contributed by atoms with Gasteiger partial charge >= 0.3 is 17.9 Å².